The number of hydrogen-bond acceptors (Lipinski definition) is 4. The van der Waals surface area contributed by atoms with Crippen LogP contribution in [0, 0.1) is 17.8 Å². The monoisotopic (exact) mass is 434 g/mol. The second kappa shape index (κ2) is 11.6. The largest absolute Gasteiger partial charge is 0.381 e. The van der Waals surface area contributed by atoms with Crippen molar-refractivity contribution in [2.24, 2.45) is 17.8 Å². The summed E-state index contributed by atoms with van der Waals surface area (Å²) in [5.74, 6) is 2.08. The van der Waals surface area contributed by atoms with Crippen molar-refractivity contribution in [3.8, 4) is 0 Å². The zero-order valence-electron chi connectivity index (χ0n) is 20.1. The maximum absolute atomic E-state index is 12.9. The van der Waals surface area contributed by atoms with Crippen molar-refractivity contribution in [1.82, 2.24) is 0 Å². The van der Waals surface area contributed by atoms with E-state index >= 15 is 0 Å². The number of ether oxygens (including phenoxy) is 3. The summed E-state index contributed by atoms with van der Waals surface area (Å²) in [5, 5.41) is 0. The van der Waals surface area contributed by atoms with Gasteiger partial charge in [-0.2, -0.15) is 0 Å². The molecule has 178 valence electrons. The Labute approximate surface area is 190 Å². The van der Waals surface area contributed by atoms with Crippen LogP contribution in [0.3, 0.4) is 0 Å². The van der Waals surface area contributed by atoms with Crippen LogP contribution in [0.25, 0.3) is 0 Å². The van der Waals surface area contributed by atoms with E-state index in [2.05, 4.69) is 6.92 Å². The lowest BCUT2D eigenvalue weighted by Crippen LogP contribution is -2.36. The van der Waals surface area contributed by atoms with Gasteiger partial charge in [-0.05, 0) is 95.8 Å². The standard InChI is InChI=1S/C27H46O4/c1-19-3-5-20(6-4-19)27(28)21-7-9-23(10-8-21)30-25-15-17-26(18-16-25)31-24-13-11-22(29-2)12-14-24/h19-26H,3-18H2,1-2H3. The molecule has 0 heterocycles. The van der Waals surface area contributed by atoms with Gasteiger partial charge in [0.25, 0.3) is 0 Å². The molecule has 0 radical (unpaired) electrons. The first-order valence-corrected chi connectivity index (χ1v) is 13.5. The summed E-state index contributed by atoms with van der Waals surface area (Å²) >= 11 is 0. The van der Waals surface area contributed by atoms with Gasteiger partial charge in [0, 0.05) is 18.9 Å². The molecule has 0 aliphatic heterocycles. The number of methoxy groups -OCH3 is 1. The van der Waals surface area contributed by atoms with Gasteiger partial charge in [-0.25, -0.2) is 0 Å². The van der Waals surface area contributed by atoms with Crippen LogP contribution in [0.1, 0.15) is 110 Å². The van der Waals surface area contributed by atoms with Crippen LogP contribution in [-0.2, 0) is 19.0 Å². The molecule has 0 atom stereocenters. The number of carbonyl (C=O) groups is 1. The van der Waals surface area contributed by atoms with Crippen molar-refractivity contribution < 1.29 is 19.0 Å². The fourth-order valence-electron chi connectivity index (χ4n) is 6.61. The highest BCUT2D eigenvalue weighted by Crippen LogP contribution is 2.36. The summed E-state index contributed by atoms with van der Waals surface area (Å²) in [6.45, 7) is 2.33. The van der Waals surface area contributed by atoms with Gasteiger partial charge < -0.3 is 14.2 Å². The van der Waals surface area contributed by atoms with Gasteiger partial charge in [-0.1, -0.05) is 19.8 Å². The molecule has 0 aromatic rings. The molecule has 0 bridgehead atoms. The highest BCUT2D eigenvalue weighted by atomic mass is 16.5. The van der Waals surface area contributed by atoms with Crippen LogP contribution in [0.4, 0.5) is 0 Å². The Balaban J connectivity index is 1.10. The van der Waals surface area contributed by atoms with Crippen LogP contribution in [-0.4, -0.2) is 43.4 Å². The number of carbonyl (C=O) groups excluding carboxylic acids is 1. The fraction of sp³-hybridized carbons (Fsp3) is 0.963. The third kappa shape index (κ3) is 6.77. The SMILES string of the molecule is COC1CCC(OC2CCC(OC3CCC(C(=O)C4CCC(C)CC4)CC3)CC2)CC1. The highest BCUT2D eigenvalue weighted by molar-refractivity contribution is 5.83. The molecule has 0 N–H and O–H groups in total. The molecule has 0 aromatic heterocycles. The molecule has 0 amide bonds. The molecule has 0 spiro atoms. The van der Waals surface area contributed by atoms with Gasteiger partial charge in [-0.3, -0.25) is 4.79 Å². The summed E-state index contributed by atoms with van der Waals surface area (Å²) in [6.07, 6.45) is 20.3. The van der Waals surface area contributed by atoms with Gasteiger partial charge in [0.05, 0.1) is 30.5 Å². The molecule has 4 saturated carbocycles. The van der Waals surface area contributed by atoms with E-state index in [1.54, 1.807) is 0 Å². The third-order valence-electron chi connectivity index (χ3n) is 8.84. The van der Waals surface area contributed by atoms with Crippen molar-refractivity contribution in [2.75, 3.05) is 7.11 Å². The Kier molecular flexibility index (Phi) is 8.88. The third-order valence-corrected chi connectivity index (χ3v) is 8.84. The molecule has 0 aromatic carbocycles. The Morgan fingerprint density at radius 1 is 0.516 bits per heavy atom. The number of ketones is 1. The zero-order chi connectivity index (χ0) is 21.6. The number of Topliss-reactive ketones (excluding diaryl/α,β-unsaturated/α-hetero) is 1. The fourth-order valence-corrected chi connectivity index (χ4v) is 6.61. The zero-order valence-corrected chi connectivity index (χ0v) is 20.1. The molecule has 0 saturated heterocycles. The van der Waals surface area contributed by atoms with E-state index in [-0.39, 0.29) is 0 Å². The lowest BCUT2D eigenvalue weighted by atomic mass is 9.74. The first-order valence-electron chi connectivity index (χ1n) is 13.5. The topological polar surface area (TPSA) is 44.8 Å². The molecule has 4 aliphatic carbocycles. The van der Waals surface area contributed by atoms with E-state index < -0.39 is 0 Å². The van der Waals surface area contributed by atoms with Gasteiger partial charge in [0.15, 0.2) is 0 Å². The summed E-state index contributed by atoms with van der Waals surface area (Å²) in [4.78, 5) is 12.9. The molecule has 31 heavy (non-hydrogen) atoms. The van der Waals surface area contributed by atoms with E-state index in [1.165, 1.54) is 12.8 Å². The van der Waals surface area contributed by atoms with Crippen molar-refractivity contribution in [1.29, 1.82) is 0 Å². The smallest absolute Gasteiger partial charge is 0.139 e. The molecule has 0 unspecified atom stereocenters. The van der Waals surface area contributed by atoms with E-state index in [0.717, 1.165) is 95.8 Å². The minimum atomic E-state index is 0.315. The second-order valence-electron chi connectivity index (χ2n) is 11.1. The summed E-state index contributed by atoms with van der Waals surface area (Å²) in [6, 6.07) is 0. The van der Waals surface area contributed by atoms with Crippen LogP contribution >= 0.6 is 0 Å². The van der Waals surface area contributed by atoms with E-state index in [9.17, 15) is 4.79 Å². The average molecular weight is 435 g/mol. The van der Waals surface area contributed by atoms with E-state index in [4.69, 9.17) is 14.2 Å². The average Bonchev–Trinajstić information content (AvgIpc) is 2.81. The predicted octanol–water partition coefficient (Wildman–Crippen LogP) is 6.24. The van der Waals surface area contributed by atoms with Crippen molar-refractivity contribution in [3.05, 3.63) is 0 Å². The van der Waals surface area contributed by atoms with E-state index in [0.29, 0.717) is 48.1 Å². The first-order chi connectivity index (χ1) is 15.1. The molecule has 4 fully saturated rings. The minimum absolute atomic E-state index is 0.315. The predicted molar refractivity (Wildman–Crippen MR) is 123 cm³/mol. The van der Waals surface area contributed by atoms with Crippen LogP contribution < -0.4 is 0 Å². The lowest BCUT2D eigenvalue weighted by Gasteiger charge is -2.37. The van der Waals surface area contributed by atoms with Crippen LogP contribution in [0.5, 0.6) is 0 Å². The molecule has 4 rings (SSSR count). The highest BCUT2D eigenvalue weighted by Gasteiger charge is 2.34. The number of hydrogen-bond donors (Lipinski definition) is 0. The van der Waals surface area contributed by atoms with Gasteiger partial charge in [0.2, 0.25) is 0 Å². The molecular weight excluding hydrogens is 388 g/mol. The summed E-state index contributed by atoms with van der Waals surface area (Å²) in [7, 11) is 1.83. The van der Waals surface area contributed by atoms with Gasteiger partial charge in [-0.15, -0.1) is 0 Å². The summed E-state index contributed by atoms with van der Waals surface area (Å²) < 4.78 is 18.4. The van der Waals surface area contributed by atoms with Gasteiger partial charge in [0.1, 0.15) is 5.78 Å². The van der Waals surface area contributed by atoms with Crippen molar-refractivity contribution in [3.63, 3.8) is 0 Å². The minimum Gasteiger partial charge on any atom is -0.381 e. The quantitative estimate of drug-likeness (QED) is 0.475. The molecule has 4 aliphatic rings. The summed E-state index contributed by atoms with van der Waals surface area (Å²) in [5.41, 5.74) is 0. The van der Waals surface area contributed by atoms with Crippen LogP contribution in [0.2, 0.25) is 0 Å². The number of rotatable bonds is 7. The normalized spacial score (nSPS) is 42.3. The Morgan fingerprint density at radius 3 is 1.23 bits per heavy atom. The molecule has 4 heteroatoms. The molecule has 4 nitrogen and oxygen atoms in total. The second-order valence-corrected chi connectivity index (χ2v) is 11.1. The lowest BCUT2D eigenvalue weighted by molar-refractivity contribution is -0.131. The molecular formula is C27H46O4. The van der Waals surface area contributed by atoms with Gasteiger partial charge >= 0.3 is 0 Å². The van der Waals surface area contributed by atoms with E-state index in [1.807, 2.05) is 7.11 Å². The Morgan fingerprint density at radius 2 is 0.839 bits per heavy atom. The Bertz CT molecular complexity index is 531. The first kappa shape index (κ1) is 23.7. The Hall–Kier alpha value is -0.450. The van der Waals surface area contributed by atoms with Crippen molar-refractivity contribution >= 4 is 5.78 Å². The van der Waals surface area contributed by atoms with Crippen LogP contribution in [0.15, 0.2) is 0 Å². The maximum Gasteiger partial charge on any atom is 0.139 e. The maximum atomic E-state index is 12.9. The van der Waals surface area contributed by atoms with Crippen molar-refractivity contribution in [2.45, 2.75) is 140 Å².